The minimum absolute atomic E-state index is 0.00994. The summed E-state index contributed by atoms with van der Waals surface area (Å²) in [5.74, 6) is 3.69. The van der Waals surface area contributed by atoms with Gasteiger partial charge in [0, 0.05) is 47.8 Å². The Kier molecular flexibility index (Phi) is 10.3. The number of hydrogen-bond donors (Lipinski definition) is 0. The maximum atomic E-state index is 11.7. The molecule has 0 N–H and O–H groups in total. The fraction of sp³-hybridized carbons (Fsp3) is 0.343. The highest BCUT2D eigenvalue weighted by Gasteiger charge is 2.32. The van der Waals surface area contributed by atoms with E-state index in [-0.39, 0.29) is 25.2 Å². The van der Waals surface area contributed by atoms with E-state index in [1.807, 2.05) is 78.9 Å². The Morgan fingerprint density at radius 3 is 2.25 bits per heavy atom. The fourth-order valence-electron chi connectivity index (χ4n) is 5.66. The van der Waals surface area contributed by atoms with E-state index in [0.717, 1.165) is 51.3 Å². The molecule has 44 heavy (non-hydrogen) atoms. The van der Waals surface area contributed by atoms with E-state index < -0.39 is 6.09 Å². The van der Waals surface area contributed by atoms with Crippen LogP contribution in [0.1, 0.15) is 29.9 Å². The highest BCUT2D eigenvalue weighted by atomic mass is 16.5. The van der Waals surface area contributed by atoms with Crippen molar-refractivity contribution in [1.29, 1.82) is 0 Å². The van der Waals surface area contributed by atoms with Crippen LogP contribution in [-0.4, -0.2) is 64.7 Å². The number of fused-ring (bicyclic) bond motifs is 1. The van der Waals surface area contributed by atoms with E-state index in [9.17, 15) is 9.90 Å². The molecule has 1 saturated heterocycles. The summed E-state index contributed by atoms with van der Waals surface area (Å²) in [7, 11) is 4.90. The zero-order valence-electron chi connectivity index (χ0n) is 25.3. The minimum Gasteiger partial charge on any atom is -0.530 e. The van der Waals surface area contributed by atoms with Crippen molar-refractivity contribution in [2.45, 2.75) is 31.5 Å². The molecule has 2 unspecified atom stereocenters. The van der Waals surface area contributed by atoms with E-state index >= 15 is 0 Å². The molecule has 0 bridgehead atoms. The van der Waals surface area contributed by atoms with E-state index in [0.29, 0.717) is 31.9 Å². The third-order valence-electron chi connectivity index (χ3n) is 7.90. The van der Waals surface area contributed by atoms with E-state index in [4.69, 9.17) is 28.4 Å². The van der Waals surface area contributed by atoms with Crippen LogP contribution in [0.4, 0.5) is 4.79 Å². The Hall–Kier alpha value is -4.63. The maximum absolute atomic E-state index is 11.7. The molecule has 1 aliphatic heterocycles. The first-order chi connectivity index (χ1) is 21.5. The van der Waals surface area contributed by atoms with Crippen molar-refractivity contribution in [2.75, 3.05) is 47.6 Å². The Balaban J connectivity index is 1.22. The van der Waals surface area contributed by atoms with Crippen LogP contribution in [0, 0.1) is 0 Å². The number of rotatable bonds is 13. The lowest BCUT2D eigenvalue weighted by Crippen LogP contribution is -2.51. The molecule has 232 valence electrons. The lowest BCUT2D eigenvalue weighted by molar-refractivity contribution is -0.268. The molecule has 0 radical (unpaired) electrons. The van der Waals surface area contributed by atoms with Gasteiger partial charge in [0.1, 0.15) is 34.8 Å². The molecule has 9 heteroatoms. The van der Waals surface area contributed by atoms with Crippen molar-refractivity contribution in [1.82, 2.24) is 4.90 Å². The maximum Gasteiger partial charge on any atom is 0.137 e. The van der Waals surface area contributed by atoms with Crippen LogP contribution in [-0.2, 0) is 11.3 Å². The number of carbonyl (C=O) groups excluding carboxylic acids is 1. The van der Waals surface area contributed by atoms with Gasteiger partial charge in [-0.1, -0.05) is 42.5 Å². The summed E-state index contributed by atoms with van der Waals surface area (Å²) >= 11 is 0. The van der Waals surface area contributed by atoms with Crippen LogP contribution in [0.5, 0.6) is 28.7 Å². The summed E-state index contributed by atoms with van der Waals surface area (Å²) in [6.07, 6.45) is -0.247. The Morgan fingerprint density at radius 1 is 0.818 bits per heavy atom. The summed E-state index contributed by atoms with van der Waals surface area (Å²) in [6, 6.07) is 25.2. The largest absolute Gasteiger partial charge is 0.530 e. The van der Waals surface area contributed by atoms with Crippen LogP contribution in [0.15, 0.2) is 78.9 Å². The first kappa shape index (κ1) is 30.8. The molecule has 0 aliphatic carbocycles. The monoisotopic (exact) mass is 600 g/mol. The Labute approximate surface area is 257 Å². The first-order valence-electron chi connectivity index (χ1n) is 14.7. The van der Waals surface area contributed by atoms with Gasteiger partial charge in [-0.05, 0) is 42.3 Å². The highest BCUT2D eigenvalue weighted by molar-refractivity contribution is 5.94. The van der Waals surface area contributed by atoms with Crippen molar-refractivity contribution in [2.24, 2.45) is 0 Å². The molecule has 1 fully saturated rings. The van der Waals surface area contributed by atoms with Gasteiger partial charge >= 0.3 is 0 Å². The molecule has 2 atom stereocenters. The van der Waals surface area contributed by atoms with E-state index in [2.05, 4.69) is 0 Å². The van der Waals surface area contributed by atoms with Gasteiger partial charge < -0.3 is 43.2 Å². The highest BCUT2D eigenvalue weighted by Crippen LogP contribution is 2.38. The Morgan fingerprint density at radius 2 is 1.55 bits per heavy atom. The molecule has 4 aromatic rings. The smallest absolute Gasteiger partial charge is 0.137 e. The second-order valence-corrected chi connectivity index (χ2v) is 10.6. The standard InChI is InChI=1S/C35H39NO8/c1-39-27-8-6-9-28(21-27)43-19-7-18-42-26-14-12-24(13-15-26)29-16-17-36(35(37)38)22-33(29)44-23-25-20-32(40-2)30-10-4-5-11-31(30)34(25)41-3/h4-6,8-15,20-21,29,33H,7,16-19,22-23H2,1-3H3,(H,37,38)/p-1. The molecule has 0 aromatic heterocycles. The molecule has 1 amide bonds. The number of piperidine rings is 1. The lowest BCUT2D eigenvalue weighted by atomic mass is 9.87. The number of likely N-dealkylation sites (tertiary alicyclic amines) is 1. The predicted molar refractivity (Wildman–Crippen MR) is 165 cm³/mol. The molecule has 9 nitrogen and oxygen atoms in total. The number of benzene rings is 4. The molecular formula is C35H38NO8-. The second-order valence-electron chi connectivity index (χ2n) is 10.6. The number of carboxylic acid groups (broad SMARTS) is 1. The van der Waals surface area contributed by atoms with Gasteiger partial charge in [0.25, 0.3) is 0 Å². The first-order valence-corrected chi connectivity index (χ1v) is 14.7. The molecule has 1 heterocycles. The number of amides is 1. The molecule has 5 rings (SSSR count). The molecule has 0 spiro atoms. The van der Waals surface area contributed by atoms with Crippen molar-refractivity contribution in [3.63, 3.8) is 0 Å². The van der Waals surface area contributed by atoms with Crippen molar-refractivity contribution in [3.8, 4) is 28.7 Å². The lowest BCUT2D eigenvalue weighted by Gasteiger charge is -2.40. The molecule has 1 aliphatic rings. The number of ether oxygens (including phenoxy) is 6. The fourth-order valence-corrected chi connectivity index (χ4v) is 5.66. The van der Waals surface area contributed by atoms with Gasteiger partial charge in [-0.2, -0.15) is 0 Å². The van der Waals surface area contributed by atoms with Crippen molar-refractivity contribution >= 4 is 16.9 Å². The van der Waals surface area contributed by atoms with Gasteiger partial charge in [-0.3, -0.25) is 0 Å². The number of nitrogens with zero attached hydrogens (tertiary/aromatic N) is 1. The molecule has 0 saturated carbocycles. The van der Waals surface area contributed by atoms with Crippen LogP contribution >= 0.6 is 0 Å². The van der Waals surface area contributed by atoms with Crippen LogP contribution in [0.2, 0.25) is 0 Å². The van der Waals surface area contributed by atoms with E-state index in [1.54, 1.807) is 21.3 Å². The van der Waals surface area contributed by atoms with Gasteiger partial charge in [0.15, 0.2) is 0 Å². The van der Waals surface area contributed by atoms with Crippen LogP contribution in [0.25, 0.3) is 10.8 Å². The van der Waals surface area contributed by atoms with Gasteiger partial charge in [-0.25, -0.2) is 0 Å². The summed E-state index contributed by atoms with van der Waals surface area (Å²) in [5.41, 5.74) is 1.89. The van der Waals surface area contributed by atoms with Crippen LogP contribution in [0.3, 0.4) is 0 Å². The van der Waals surface area contributed by atoms with Crippen molar-refractivity contribution in [3.05, 3.63) is 90.0 Å². The third kappa shape index (κ3) is 7.29. The zero-order valence-corrected chi connectivity index (χ0v) is 25.3. The van der Waals surface area contributed by atoms with E-state index in [1.165, 1.54) is 4.90 Å². The molecule has 4 aromatic carbocycles. The molecular weight excluding hydrogens is 562 g/mol. The number of carbonyl (C=O) groups is 1. The number of hydrogen-bond acceptors (Lipinski definition) is 8. The van der Waals surface area contributed by atoms with Crippen LogP contribution < -0.4 is 28.8 Å². The average molecular weight is 601 g/mol. The quantitative estimate of drug-likeness (QED) is 0.187. The third-order valence-corrected chi connectivity index (χ3v) is 7.90. The van der Waals surface area contributed by atoms with Gasteiger partial charge in [0.05, 0.1) is 47.3 Å². The topological polar surface area (TPSA) is 98.8 Å². The summed E-state index contributed by atoms with van der Waals surface area (Å²) in [6.45, 7) is 1.85. The number of methoxy groups -OCH3 is 3. The predicted octanol–water partition coefficient (Wildman–Crippen LogP) is 5.43. The SMILES string of the molecule is COc1cccc(OCCCOc2ccc(C3CCN(C(=O)[O-])CC3OCc3cc(OC)c4ccccc4c3OC)cc2)c1. The van der Waals surface area contributed by atoms with Crippen molar-refractivity contribution < 1.29 is 38.3 Å². The average Bonchev–Trinajstić information content (AvgIpc) is 3.06. The second kappa shape index (κ2) is 14.7. The summed E-state index contributed by atoms with van der Waals surface area (Å²) < 4.78 is 34.8. The minimum atomic E-state index is -1.19. The normalized spacial score (nSPS) is 16.4. The zero-order chi connectivity index (χ0) is 30.9. The Bertz CT molecular complexity index is 1540. The van der Waals surface area contributed by atoms with Gasteiger partial charge in [0.2, 0.25) is 0 Å². The summed E-state index contributed by atoms with van der Waals surface area (Å²) in [4.78, 5) is 13.1. The van der Waals surface area contributed by atoms with Gasteiger partial charge in [-0.15, -0.1) is 0 Å². The summed E-state index contributed by atoms with van der Waals surface area (Å²) in [5, 5.41) is 13.6.